The van der Waals surface area contributed by atoms with Crippen LogP contribution in [0.5, 0.6) is 0 Å². The van der Waals surface area contributed by atoms with Gasteiger partial charge in [0.05, 0.1) is 16.9 Å². The molecule has 1 aliphatic carbocycles. The summed E-state index contributed by atoms with van der Waals surface area (Å²) >= 11 is 0. The first-order valence-electron chi connectivity index (χ1n) is 13.9. The number of carbonyl (C=O) groups excluding carboxylic acids is 2. The predicted octanol–water partition coefficient (Wildman–Crippen LogP) is 4.37. The first-order valence-corrected chi connectivity index (χ1v) is 15.8. The van der Waals surface area contributed by atoms with Gasteiger partial charge in [-0.3, -0.25) is 24.0 Å². The van der Waals surface area contributed by atoms with E-state index in [2.05, 4.69) is 5.32 Å². The fourth-order valence-electron chi connectivity index (χ4n) is 5.30. The highest BCUT2D eigenvalue weighted by Crippen LogP contribution is 2.25. The van der Waals surface area contributed by atoms with E-state index in [0.717, 1.165) is 59.0 Å². The molecule has 0 radical (unpaired) electrons. The lowest BCUT2D eigenvalue weighted by Gasteiger charge is -2.34. The van der Waals surface area contributed by atoms with Crippen LogP contribution in [-0.2, 0) is 32.6 Å². The minimum atomic E-state index is -4.03. The van der Waals surface area contributed by atoms with E-state index in [0.29, 0.717) is 0 Å². The molecule has 42 heavy (non-hydrogen) atoms. The van der Waals surface area contributed by atoms with Crippen LogP contribution in [0.15, 0.2) is 78.9 Å². The maximum absolute atomic E-state index is 14.2. The summed E-state index contributed by atoms with van der Waals surface area (Å²) in [6, 6.07) is 21.2. The lowest BCUT2D eigenvalue weighted by atomic mass is 10.0. The first-order chi connectivity index (χ1) is 20.0. The van der Waals surface area contributed by atoms with E-state index in [1.54, 1.807) is 0 Å². The topological polar surface area (TPSA) is 130 Å². The number of nitro benzene ring substituents is 1. The summed E-state index contributed by atoms with van der Waals surface area (Å²) in [5, 5.41) is 14.5. The van der Waals surface area contributed by atoms with E-state index >= 15 is 0 Å². The van der Waals surface area contributed by atoms with Crippen LogP contribution >= 0.6 is 0 Å². The van der Waals surface area contributed by atoms with Gasteiger partial charge in [-0.05, 0) is 37.0 Å². The van der Waals surface area contributed by atoms with Gasteiger partial charge in [0, 0.05) is 31.1 Å². The number of rotatable bonds is 12. The zero-order chi connectivity index (χ0) is 30.3. The molecule has 2 amide bonds. The maximum atomic E-state index is 14.2. The highest BCUT2D eigenvalue weighted by molar-refractivity contribution is 7.92. The van der Waals surface area contributed by atoms with Crippen molar-refractivity contribution in [1.29, 1.82) is 0 Å². The van der Waals surface area contributed by atoms with Crippen molar-refractivity contribution < 1.29 is 22.9 Å². The minimum Gasteiger partial charge on any atom is -0.352 e. The molecule has 0 aromatic heterocycles. The summed E-state index contributed by atoms with van der Waals surface area (Å²) < 4.78 is 26.7. The van der Waals surface area contributed by atoms with Gasteiger partial charge in [0.15, 0.2) is 0 Å². The summed E-state index contributed by atoms with van der Waals surface area (Å²) in [6.45, 7) is 1.37. The number of nitrogens with one attached hydrogen (secondary N) is 1. The van der Waals surface area contributed by atoms with Gasteiger partial charge in [-0.2, -0.15) is 0 Å². The Morgan fingerprint density at radius 3 is 2.29 bits per heavy atom. The zero-order valence-electron chi connectivity index (χ0n) is 23.8. The van der Waals surface area contributed by atoms with E-state index in [1.165, 1.54) is 23.1 Å². The Labute approximate surface area is 246 Å². The molecule has 3 aromatic carbocycles. The molecule has 1 unspecified atom stereocenters. The summed E-state index contributed by atoms with van der Waals surface area (Å²) in [6.07, 6.45) is 4.94. The molecule has 1 fully saturated rings. The molecule has 0 spiro atoms. The molecule has 10 nitrogen and oxygen atoms in total. The van der Waals surface area contributed by atoms with Gasteiger partial charge in [-0.1, -0.05) is 79.1 Å². The van der Waals surface area contributed by atoms with Crippen molar-refractivity contribution >= 4 is 33.2 Å². The largest absolute Gasteiger partial charge is 0.352 e. The number of hydrogen-bond acceptors (Lipinski definition) is 6. The number of nitrogens with zero attached hydrogens (tertiary/aromatic N) is 3. The van der Waals surface area contributed by atoms with Gasteiger partial charge in [0.1, 0.15) is 12.6 Å². The van der Waals surface area contributed by atoms with Crippen LogP contribution in [0.25, 0.3) is 0 Å². The van der Waals surface area contributed by atoms with Crippen molar-refractivity contribution in [3.8, 4) is 0 Å². The molecule has 4 rings (SSSR count). The number of nitro groups is 1. The monoisotopic (exact) mass is 592 g/mol. The molecule has 1 N–H and O–H groups in total. The zero-order valence-corrected chi connectivity index (χ0v) is 24.6. The Bertz CT molecular complexity index is 1520. The molecule has 0 aliphatic heterocycles. The molecule has 3 aromatic rings. The SMILES string of the molecule is Cc1cccc(CN(C(=O)CN(c2cccc([N+](=O)[O-])c2)S(C)(=O)=O)C(Cc2ccccc2)C(=O)NC2CCCC2)c1. The molecule has 0 heterocycles. The maximum Gasteiger partial charge on any atom is 0.271 e. The van der Waals surface area contributed by atoms with Crippen LogP contribution in [0.3, 0.4) is 0 Å². The quantitative estimate of drug-likeness (QED) is 0.246. The van der Waals surface area contributed by atoms with E-state index in [-0.39, 0.29) is 36.3 Å². The second-order valence-electron chi connectivity index (χ2n) is 10.8. The fourth-order valence-corrected chi connectivity index (χ4v) is 6.15. The van der Waals surface area contributed by atoms with E-state index in [1.807, 2.05) is 61.5 Å². The van der Waals surface area contributed by atoms with Crippen LogP contribution < -0.4 is 9.62 Å². The van der Waals surface area contributed by atoms with Gasteiger partial charge in [-0.25, -0.2) is 8.42 Å². The van der Waals surface area contributed by atoms with Crippen LogP contribution in [0, 0.1) is 17.0 Å². The van der Waals surface area contributed by atoms with Gasteiger partial charge in [0.2, 0.25) is 21.8 Å². The van der Waals surface area contributed by atoms with E-state index in [4.69, 9.17) is 0 Å². The summed E-state index contributed by atoms with van der Waals surface area (Å²) in [5.41, 5.74) is 2.30. The molecule has 0 saturated heterocycles. The molecular formula is C31H36N4O6S. The van der Waals surface area contributed by atoms with Crippen molar-refractivity contribution in [1.82, 2.24) is 10.2 Å². The lowest BCUT2D eigenvalue weighted by Crippen LogP contribution is -2.54. The minimum absolute atomic E-state index is 0.00873. The third-order valence-corrected chi connectivity index (χ3v) is 8.56. The number of non-ortho nitro benzene ring substituents is 1. The van der Waals surface area contributed by atoms with Crippen LogP contribution in [0.2, 0.25) is 0 Å². The number of aryl methyl sites for hydroxylation is 1. The molecule has 1 saturated carbocycles. The third kappa shape index (κ3) is 8.16. The number of amides is 2. The Balaban J connectivity index is 1.74. The number of anilines is 1. The van der Waals surface area contributed by atoms with Crippen molar-refractivity contribution in [2.75, 3.05) is 17.1 Å². The van der Waals surface area contributed by atoms with Gasteiger partial charge >= 0.3 is 0 Å². The molecule has 0 bridgehead atoms. The highest BCUT2D eigenvalue weighted by atomic mass is 32.2. The Kier molecular flexibility index (Phi) is 9.95. The Hall–Kier alpha value is -4.25. The molecule has 1 atom stereocenters. The lowest BCUT2D eigenvalue weighted by molar-refractivity contribution is -0.384. The smallest absolute Gasteiger partial charge is 0.271 e. The molecule has 222 valence electrons. The first kappa shape index (κ1) is 30.7. The standard InChI is InChI=1S/C31H36N4O6S/c1-23-10-8-13-25(18-23)21-33(29(19-24-11-4-3-5-12-24)31(37)32-26-14-6-7-15-26)30(36)22-34(42(2,40)41)27-16-9-17-28(20-27)35(38)39/h3-5,8-13,16-18,20,26,29H,6-7,14-15,19,21-22H2,1-2H3,(H,32,37). The average molecular weight is 593 g/mol. The molecular weight excluding hydrogens is 556 g/mol. The molecule has 11 heteroatoms. The number of hydrogen-bond donors (Lipinski definition) is 1. The number of sulfonamides is 1. The second kappa shape index (κ2) is 13.6. The molecule has 1 aliphatic rings. The summed E-state index contributed by atoms with van der Waals surface area (Å²) in [4.78, 5) is 40.2. The van der Waals surface area contributed by atoms with E-state index < -0.39 is 33.4 Å². The van der Waals surface area contributed by atoms with Gasteiger partial charge in [-0.15, -0.1) is 0 Å². The summed E-state index contributed by atoms with van der Waals surface area (Å²) in [5.74, 6) is -0.899. The van der Waals surface area contributed by atoms with Crippen LogP contribution in [0.4, 0.5) is 11.4 Å². The fraction of sp³-hybridized carbons (Fsp3) is 0.355. The van der Waals surface area contributed by atoms with Gasteiger partial charge in [0.25, 0.3) is 5.69 Å². The number of carbonyl (C=O) groups is 2. The normalized spacial score (nSPS) is 14.2. The second-order valence-corrected chi connectivity index (χ2v) is 12.7. The third-order valence-electron chi connectivity index (χ3n) is 7.42. The predicted molar refractivity (Wildman–Crippen MR) is 161 cm³/mol. The van der Waals surface area contributed by atoms with Crippen LogP contribution in [0.1, 0.15) is 42.4 Å². The van der Waals surface area contributed by atoms with Crippen molar-refractivity contribution in [3.63, 3.8) is 0 Å². The van der Waals surface area contributed by atoms with Crippen molar-refractivity contribution in [2.24, 2.45) is 0 Å². The Morgan fingerprint density at radius 1 is 0.976 bits per heavy atom. The number of benzene rings is 3. The Morgan fingerprint density at radius 2 is 1.64 bits per heavy atom. The van der Waals surface area contributed by atoms with Crippen LogP contribution in [-0.4, -0.2) is 54.9 Å². The van der Waals surface area contributed by atoms with Crippen molar-refractivity contribution in [3.05, 3.63) is 106 Å². The average Bonchev–Trinajstić information content (AvgIpc) is 3.46. The van der Waals surface area contributed by atoms with E-state index in [9.17, 15) is 28.1 Å². The summed E-state index contributed by atoms with van der Waals surface area (Å²) in [7, 11) is -4.03. The van der Waals surface area contributed by atoms with Crippen molar-refractivity contribution in [2.45, 2.75) is 57.7 Å². The van der Waals surface area contributed by atoms with Gasteiger partial charge < -0.3 is 10.2 Å². The highest BCUT2D eigenvalue weighted by Gasteiger charge is 2.34.